The summed E-state index contributed by atoms with van der Waals surface area (Å²) in [5, 5.41) is 5.99. The largest absolute Gasteiger partial charge is 0.457 e. The van der Waals surface area contributed by atoms with E-state index < -0.39 is 0 Å². The number of aryl methyl sites for hydroxylation is 1. The smallest absolute Gasteiger partial charge is 0.198 e. The Labute approximate surface area is 352 Å². The fourth-order valence-corrected chi connectivity index (χ4v) is 10.8. The average Bonchev–Trinajstić information content (AvgIpc) is 3.61. The van der Waals surface area contributed by atoms with E-state index in [9.17, 15) is 0 Å². The van der Waals surface area contributed by atoms with E-state index in [4.69, 9.17) is 13.9 Å². The second kappa shape index (κ2) is 12.1. The minimum atomic E-state index is -0.275. The molecule has 1 aliphatic carbocycles. The first-order valence-electron chi connectivity index (χ1n) is 21.4. The summed E-state index contributed by atoms with van der Waals surface area (Å²) in [5.74, 6) is 3.45. The molecule has 294 valence electrons. The molecule has 0 radical (unpaired) electrons. The average molecular weight is 783 g/mol. The van der Waals surface area contributed by atoms with Crippen molar-refractivity contribution in [2.75, 3.05) is 10.2 Å². The number of anilines is 5. The highest BCUT2D eigenvalue weighted by Crippen LogP contribution is 2.54. The number of nitrogens with one attached hydrogen (secondary N) is 1. The van der Waals surface area contributed by atoms with Crippen LogP contribution in [0.1, 0.15) is 82.2 Å². The number of hydrogen-bond acceptors (Lipinski definition) is 5. The van der Waals surface area contributed by atoms with Crippen LogP contribution in [0.25, 0.3) is 33.1 Å². The molecule has 0 spiro atoms. The molecule has 7 aromatic carbocycles. The quantitative estimate of drug-likeness (QED) is 0.177. The minimum absolute atomic E-state index is 0.0328. The van der Waals surface area contributed by atoms with Crippen molar-refractivity contribution in [3.8, 4) is 34.1 Å². The van der Waals surface area contributed by atoms with Crippen LogP contribution in [0, 0.1) is 6.92 Å². The van der Waals surface area contributed by atoms with E-state index in [0.29, 0.717) is 7.28 Å². The molecule has 0 saturated carbocycles. The van der Waals surface area contributed by atoms with Gasteiger partial charge in [-0.2, -0.15) is 0 Å². The standard InChI is InChI=1S/C54H47BN2O3/c1-30-25-35-36(53(4,5)24-23-52(35,2)3)27-40(30)57-41-28-37-47(58-44-20-12-9-17-34(44)54(37,6)7)29-38(41)55-49-42(57)26-33-31-15-8-11-19-43(31)60-51(33)48(49)32-16-14-22-46-50(32)56-39-18-10-13-21-45(39)59-46/h8-22,25-29,55-56H,23-24H2,1-7H3. The van der Waals surface area contributed by atoms with Crippen LogP contribution in [0.4, 0.5) is 28.4 Å². The molecule has 3 aliphatic heterocycles. The number of benzene rings is 7. The zero-order valence-electron chi connectivity index (χ0n) is 35.3. The zero-order valence-corrected chi connectivity index (χ0v) is 35.3. The van der Waals surface area contributed by atoms with Crippen LogP contribution in [0.15, 0.2) is 126 Å². The van der Waals surface area contributed by atoms with Crippen LogP contribution < -0.4 is 30.6 Å². The van der Waals surface area contributed by atoms with Gasteiger partial charge in [-0.25, -0.2) is 0 Å². The minimum Gasteiger partial charge on any atom is -0.457 e. The molecule has 60 heavy (non-hydrogen) atoms. The Morgan fingerprint density at radius 1 is 0.583 bits per heavy atom. The number of para-hydroxylation sites is 5. The van der Waals surface area contributed by atoms with Crippen molar-refractivity contribution in [2.24, 2.45) is 0 Å². The Morgan fingerprint density at radius 3 is 2.10 bits per heavy atom. The van der Waals surface area contributed by atoms with Gasteiger partial charge in [0, 0.05) is 55.5 Å². The molecule has 0 saturated heterocycles. The topological polar surface area (TPSA) is 46.9 Å². The van der Waals surface area contributed by atoms with Gasteiger partial charge < -0.3 is 24.1 Å². The van der Waals surface area contributed by atoms with E-state index in [0.717, 1.165) is 79.5 Å². The van der Waals surface area contributed by atoms with Crippen LogP contribution in [-0.2, 0) is 16.2 Å². The van der Waals surface area contributed by atoms with Crippen molar-refractivity contribution in [3.63, 3.8) is 0 Å². The predicted molar refractivity (Wildman–Crippen MR) is 249 cm³/mol. The van der Waals surface area contributed by atoms with E-state index in [1.165, 1.54) is 56.5 Å². The summed E-state index contributed by atoms with van der Waals surface area (Å²) in [6.45, 7) is 16.7. The SMILES string of the molecule is Cc1cc2c(cc1N1c3cc4c(cc3Bc3c1cc1c(oc5ccccc51)c3-c1cccc3c1Nc1ccccc1O3)Oc1ccccc1C4(C)C)C(C)(C)CCC2(C)C. The molecule has 8 aromatic rings. The number of rotatable bonds is 2. The Kier molecular flexibility index (Phi) is 7.17. The first-order valence-corrected chi connectivity index (χ1v) is 21.4. The van der Waals surface area contributed by atoms with E-state index in [1.54, 1.807) is 0 Å². The molecule has 0 atom stereocenters. The summed E-state index contributed by atoms with van der Waals surface area (Å²) in [5.41, 5.74) is 18.1. The molecule has 4 aliphatic rings. The van der Waals surface area contributed by atoms with Gasteiger partial charge in [-0.15, -0.1) is 0 Å². The van der Waals surface area contributed by atoms with Gasteiger partial charge in [0.2, 0.25) is 0 Å². The summed E-state index contributed by atoms with van der Waals surface area (Å²) in [4.78, 5) is 2.58. The Hall–Kier alpha value is -6.40. The molecule has 12 rings (SSSR count). The van der Waals surface area contributed by atoms with Crippen molar-refractivity contribution in [1.82, 2.24) is 0 Å². The van der Waals surface area contributed by atoms with Crippen LogP contribution in [-0.4, -0.2) is 7.28 Å². The van der Waals surface area contributed by atoms with Gasteiger partial charge >= 0.3 is 0 Å². The van der Waals surface area contributed by atoms with Gasteiger partial charge in [-0.3, -0.25) is 0 Å². The van der Waals surface area contributed by atoms with Crippen molar-refractivity contribution >= 4 is 68.6 Å². The number of hydrogen-bond donors (Lipinski definition) is 1. The Morgan fingerprint density at radius 2 is 1.27 bits per heavy atom. The highest BCUT2D eigenvalue weighted by Gasteiger charge is 2.41. The normalized spacial score (nSPS) is 17.0. The molecule has 1 N–H and O–H groups in total. The summed E-state index contributed by atoms with van der Waals surface area (Å²) >= 11 is 0. The number of nitrogens with zero attached hydrogens (tertiary/aromatic N) is 1. The molecule has 0 bridgehead atoms. The van der Waals surface area contributed by atoms with Gasteiger partial charge in [0.25, 0.3) is 0 Å². The molecule has 5 nitrogen and oxygen atoms in total. The number of ether oxygens (including phenoxy) is 2. The van der Waals surface area contributed by atoms with Crippen LogP contribution in [0.5, 0.6) is 23.0 Å². The van der Waals surface area contributed by atoms with Crippen molar-refractivity contribution < 1.29 is 13.9 Å². The predicted octanol–water partition coefficient (Wildman–Crippen LogP) is 13.4. The van der Waals surface area contributed by atoms with Crippen LogP contribution in [0.3, 0.4) is 0 Å². The Bertz CT molecular complexity index is 3170. The molecule has 1 aromatic heterocycles. The molecular formula is C54H47BN2O3. The Balaban J connectivity index is 1.19. The third kappa shape index (κ3) is 4.94. The van der Waals surface area contributed by atoms with E-state index in [2.05, 4.69) is 162 Å². The molecule has 0 fully saturated rings. The monoisotopic (exact) mass is 782 g/mol. The molecule has 4 heterocycles. The third-order valence-electron chi connectivity index (χ3n) is 14.3. The van der Waals surface area contributed by atoms with Crippen molar-refractivity contribution in [2.45, 2.75) is 77.6 Å². The fraction of sp³-hybridized carbons (Fsp3) is 0.222. The maximum absolute atomic E-state index is 6.99. The van der Waals surface area contributed by atoms with Gasteiger partial charge in [-0.1, -0.05) is 114 Å². The maximum Gasteiger partial charge on any atom is 0.198 e. The van der Waals surface area contributed by atoms with E-state index in [-0.39, 0.29) is 16.2 Å². The van der Waals surface area contributed by atoms with Crippen LogP contribution in [0.2, 0.25) is 0 Å². The maximum atomic E-state index is 6.99. The van der Waals surface area contributed by atoms with E-state index >= 15 is 0 Å². The lowest BCUT2D eigenvalue weighted by molar-refractivity contribution is 0.332. The third-order valence-corrected chi connectivity index (χ3v) is 14.3. The summed E-state index contributed by atoms with van der Waals surface area (Å²) < 4.78 is 20.4. The van der Waals surface area contributed by atoms with E-state index in [1.807, 2.05) is 18.2 Å². The molecule has 0 amide bonds. The van der Waals surface area contributed by atoms with Gasteiger partial charge in [0.15, 0.2) is 18.8 Å². The van der Waals surface area contributed by atoms with Gasteiger partial charge in [0.05, 0.1) is 11.4 Å². The highest BCUT2D eigenvalue weighted by molar-refractivity contribution is 6.74. The lowest BCUT2D eigenvalue weighted by Crippen LogP contribution is -2.42. The molecule has 6 heteroatoms. The zero-order chi connectivity index (χ0) is 40.9. The lowest BCUT2D eigenvalue weighted by Gasteiger charge is -2.44. The second-order valence-electron chi connectivity index (χ2n) is 19.3. The summed E-state index contributed by atoms with van der Waals surface area (Å²) in [6, 6.07) is 43.7. The van der Waals surface area contributed by atoms with Crippen LogP contribution >= 0.6 is 0 Å². The second-order valence-corrected chi connectivity index (χ2v) is 19.3. The fourth-order valence-electron chi connectivity index (χ4n) is 10.8. The first kappa shape index (κ1) is 35.5. The van der Waals surface area contributed by atoms with Crippen molar-refractivity contribution in [3.05, 3.63) is 149 Å². The van der Waals surface area contributed by atoms with Gasteiger partial charge in [-0.05, 0) is 107 Å². The number of furan rings is 1. The van der Waals surface area contributed by atoms with Crippen molar-refractivity contribution in [1.29, 1.82) is 0 Å². The molecular weight excluding hydrogens is 735 g/mol. The van der Waals surface area contributed by atoms with Gasteiger partial charge in [0.1, 0.15) is 22.7 Å². The lowest BCUT2D eigenvalue weighted by atomic mass is 9.57. The molecule has 0 unspecified atom stereocenters. The highest BCUT2D eigenvalue weighted by atomic mass is 16.5. The number of fused-ring (bicyclic) bond motifs is 10. The summed E-state index contributed by atoms with van der Waals surface area (Å²) in [7, 11) is 0.686. The summed E-state index contributed by atoms with van der Waals surface area (Å²) in [6.07, 6.45) is 2.31. The first-order chi connectivity index (χ1) is 28.9.